The first-order valence-corrected chi connectivity index (χ1v) is 7.20. The molecule has 2 rings (SSSR count). The number of aliphatic hydroxyl groups is 1. The summed E-state index contributed by atoms with van der Waals surface area (Å²) in [7, 11) is 1.72. The van der Waals surface area contributed by atoms with E-state index in [1.165, 1.54) is 0 Å². The Morgan fingerprint density at radius 2 is 2.35 bits per heavy atom. The third-order valence-electron chi connectivity index (χ3n) is 3.63. The minimum atomic E-state index is -0.382. The molecule has 1 aliphatic rings. The maximum Gasteiger partial charge on any atom is 0.317 e. The number of rotatable bonds is 7. The third-order valence-corrected chi connectivity index (χ3v) is 3.63. The van der Waals surface area contributed by atoms with Gasteiger partial charge < -0.3 is 15.3 Å². The van der Waals surface area contributed by atoms with Gasteiger partial charge in [0.25, 0.3) is 0 Å². The lowest BCUT2D eigenvalue weighted by Gasteiger charge is -2.22. The van der Waals surface area contributed by atoms with E-state index in [1.54, 1.807) is 18.1 Å². The molecule has 0 radical (unpaired) electrons. The Morgan fingerprint density at radius 3 is 2.95 bits per heavy atom. The smallest absolute Gasteiger partial charge is 0.317 e. The lowest BCUT2D eigenvalue weighted by atomic mass is 10.2. The third kappa shape index (κ3) is 4.52. The second kappa shape index (κ2) is 6.74. The van der Waals surface area contributed by atoms with E-state index in [0.29, 0.717) is 24.9 Å². The number of carbonyl (C=O) groups excluding carboxylic acids is 1. The van der Waals surface area contributed by atoms with Crippen molar-refractivity contribution in [1.82, 2.24) is 20.0 Å². The Hall–Kier alpha value is -1.56. The number of amides is 2. The van der Waals surface area contributed by atoms with Gasteiger partial charge in [-0.15, -0.1) is 0 Å². The molecule has 1 aromatic rings. The fraction of sp³-hybridized carbons (Fsp3) is 0.714. The van der Waals surface area contributed by atoms with Gasteiger partial charge in [-0.1, -0.05) is 6.92 Å². The molecule has 6 nitrogen and oxygen atoms in total. The number of aliphatic hydroxyl groups excluding tert-OH is 1. The molecule has 112 valence electrons. The van der Waals surface area contributed by atoms with Crippen LogP contribution in [0.4, 0.5) is 4.79 Å². The monoisotopic (exact) mass is 280 g/mol. The van der Waals surface area contributed by atoms with Gasteiger partial charge in [-0.25, -0.2) is 4.79 Å². The lowest BCUT2D eigenvalue weighted by molar-refractivity contribution is 0.113. The first kappa shape index (κ1) is 14.8. The van der Waals surface area contributed by atoms with Crippen molar-refractivity contribution in [1.29, 1.82) is 0 Å². The van der Waals surface area contributed by atoms with Crippen LogP contribution >= 0.6 is 0 Å². The summed E-state index contributed by atoms with van der Waals surface area (Å²) < 4.78 is 1.86. The number of nitrogens with one attached hydrogen (secondary N) is 1. The molecule has 0 bridgehead atoms. The van der Waals surface area contributed by atoms with Crippen LogP contribution in [0.2, 0.25) is 0 Å². The normalized spacial score (nSPS) is 17.6. The molecule has 1 aromatic heterocycles. The topological polar surface area (TPSA) is 70.4 Å². The van der Waals surface area contributed by atoms with E-state index in [0.717, 1.165) is 19.4 Å². The summed E-state index contributed by atoms with van der Waals surface area (Å²) in [6.07, 6.45) is 5.44. The Balaban J connectivity index is 1.65. The van der Waals surface area contributed by atoms with Gasteiger partial charge in [0.05, 0.1) is 6.10 Å². The molecule has 1 fully saturated rings. The van der Waals surface area contributed by atoms with Crippen LogP contribution in [0.5, 0.6) is 0 Å². The highest BCUT2D eigenvalue weighted by atomic mass is 16.3. The van der Waals surface area contributed by atoms with Crippen molar-refractivity contribution >= 4 is 6.03 Å². The summed E-state index contributed by atoms with van der Waals surface area (Å²) in [5.74, 6) is 0.699. The fourth-order valence-electron chi connectivity index (χ4n) is 2.18. The maximum absolute atomic E-state index is 11.9. The highest BCUT2D eigenvalue weighted by Crippen LogP contribution is 2.32. The molecule has 2 amide bonds. The number of hydrogen-bond donors (Lipinski definition) is 2. The van der Waals surface area contributed by atoms with E-state index < -0.39 is 0 Å². The predicted molar refractivity (Wildman–Crippen MR) is 76.2 cm³/mol. The van der Waals surface area contributed by atoms with E-state index >= 15 is 0 Å². The molecule has 2 atom stereocenters. The molecule has 1 saturated carbocycles. The Morgan fingerprint density at radius 1 is 1.60 bits per heavy atom. The van der Waals surface area contributed by atoms with Gasteiger partial charge in [0, 0.05) is 39.1 Å². The Labute approximate surface area is 119 Å². The maximum atomic E-state index is 11.9. The summed E-state index contributed by atoms with van der Waals surface area (Å²) in [5, 5.41) is 16.9. The van der Waals surface area contributed by atoms with Crippen LogP contribution in [0, 0.1) is 11.8 Å². The number of urea groups is 1. The average Bonchev–Trinajstić information content (AvgIpc) is 3.15. The van der Waals surface area contributed by atoms with Gasteiger partial charge in [-0.3, -0.25) is 4.68 Å². The molecule has 1 aliphatic carbocycles. The van der Waals surface area contributed by atoms with Crippen molar-refractivity contribution in [2.75, 3.05) is 20.1 Å². The van der Waals surface area contributed by atoms with Crippen molar-refractivity contribution in [3.8, 4) is 0 Å². The second-order valence-electron chi connectivity index (χ2n) is 5.80. The molecule has 0 spiro atoms. The first-order chi connectivity index (χ1) is 9.56. The zero-order chi connectivity index (χ0) is 14.5. The van der Waals surface area contributed by atoms with E-state index in [9.17, 15) is 9.90 Å². The molecule has 2 unspecified atom stereocenters. The number of hydrogen-bond acceptors (Lipinski definition) is 3. The molecular weight excluding hydrogens is 256 g/mol. The van der Waals surface area contributed by atoms with Crippen molar-refractivity contribution in [3.05, 3.63) is 18.5 Å². The summed E-state index contributed by atoms with van der Waals surface area (Å²) in [4.78, 5) is 13.5. The van der Waals surface area contributed by atoms with Gasteiger partial charge in [-0.05, 0) is 30.7 Å². The summed E-state index contributed by atoms with van der Waals surface area (Å²) in [5.41, 5.74) is 0. The van der Waals surface area contributed by atoms with Crippen molar-refractivity contribution < 1.29 is 9.90 Å². The van der Waals surface area contributed by atoms with E-state index in [2.05, 4.69) is 17.3 Å². The Kier molecular flexibility index (Phi) is 5.00. The predicted octanol–water partition coefficient (Wildman–Crippen LogP) is 0.931. The number of nitrogens with zero attached hydrogens (tertiary/aromatic N) is 3. The minimum Gasteiger partial charge on any atom is -0.391 e. The van der Waals surface area contributed by atoms with Crippen molar-refractivity contribution in [3.63, 3.8) is 0 Å². The number of carbonyl (C=O) groups is 1. The molecular formula is C14H24N4O2. The highest BCUT2D eigenvalue weighted by Gasteiger charge is 2.31. The Bertz CT molecular complexity index is 417. The second-order valence-corrected chi connectivity index (χ2v) is 5.80. The van der Waals surface area contributed by atoms with Crippen LogP contribution in [0.1, 0.15) is 19.8 Å². The number of likely N-dealkylation sites (N-methyl/N-ethyl adjacent to an activating group) is 1. The zero-order valence-electron chi connectivity index (χ0n) is 12.2. The lowest BCUT2D eigenvalue weighted by Crippen LogP contribution is -2.43. The van der Waals surface area contributed by atoms with E-state index in [1.807, 2.05) is 16.9 Å². The van der Waals surface area contributed by atoms with E-state index in [4.69, 9.17) is 0 Å². The van der Waals surface area contributed by atoms with Gasteiger partial charge in [0.1, 0.15) is 0 Å². The molecule has 0 saturated heterocycles. The fourth-order valence-corrected chi connectivity index (χ4v) is 2.18. The standard InChI is InChI=1S/C14H24N4O2/c1-11(9-18-7-3-6-16-18)8-15-14(20)17(2)10-13(19)12-4-5-12/h3,6-7,11-13,19H,4-5,8-10H2,1-2H3,(H,15,20). The molecule has 20 heavy (non-hydrogen) atoms. The quantitative estimate of drug-likeness (QED) is 0.780. The van der Waals surface area contributed by atoms with Crippen LogP contribution < -0.4 is 5.32 Å². The van der Waals surface area contributed by atoms with Crippen molar-refractivity contribution in [2.45, 2.75) is 32.4 Å². The largest absolute Gasteiger partial charge is 0.391 e. The molecule has 1 heterocycles. The summed E-state index contributed by atoms with van der Waals surface area (Å²) in [6.45, 7) is 3.86. The molecule has 2 N–H and O–H groups in total. The van der Waals surface area contributed by atoms with Crippen LogP contribution in [0.25, 0.3) is 0 Å². The van der Waals surface area contributed by atoms with Crippen LogP contribution in [-0.4, -0.2) is 52.1 Å². The van der Waals surface area contributed by atoms with Gasteiger partial charge in [0.15, 0.2) is 0 Å². The summed E-state index contributed by atoms with van der Waals surface area (Å²) >= 11 is 0. The summed E-state index contributed by atoms with van der Waals surface area (Å²) in [6, 6.07) is 1.76. The van der Waals surface area contributed by atoms with Gasteiger partial charge in [-0.2, -0.15) is 5.10 Å². The molecule has 0 aromatic carbocycles. The highest BCUT2D eigenvalue weighted by molar-refractivity contribution is 5.73. The average molecular weight is 280 g/mol. The molecule has 6 heteroatoms. The molecule has 0 aliphatic heterocycles. The minimum absolute atomic E-state index is 0.128. The first-order valence-electron chi connectivity index (χ1n) is 7.20. The number of aromatic nitrogens is 2. The van der Waals surface area contributed by atoms with Gasteiger partial charge >= 0.3 is 6.03 Å². The SMILES string of the molecule is CC(CNC(=O)N(C)CC(O)C1CC1)Cn1cccn1. The zero-order valence-corrected chi connectivity index (χ0v) is 12.2. The van der Waals surface area contributed by atoms with Crippen LogP contribution in [0.15, 0.2) is 18.5 Å². The van der Waals surface area contributed by atoms with Crippen molar-refractivity contribution in [2.24, 2.45) is 11.8 Å². The van der Waals surface area contributed by atoms with Gasteiger partial charge in [0.2, 0.25) is 0 Å². The van der Waals surface area contributed by atoms with E-state index in [-0.39, 0.29) is 12.1 Å². The van der Waals surface area contributed by atoms with Crippen LogP contribution in [0.3, 0.4) is 0 Å². The van der Waals surface area contributed by atoms with Crippen LogP contribution in [-0.2, 0) is 6.54 Å².